The summed E-state index contributed by atoms with van der Waals surface area (Å²) >= 11 is 0. The fourth-order valence-corrected chi connectivity index (χ4v) is 0. The number of hydrogen-bond donors (Lipinski definition) is 3. The average Bonchev–Trinajstić information content (AvgIpc) is 0.811. The molecular formula is H4BHfNaO3. The summed E-state index contributed by atoms with van der Waals surface area (Å²) in [4.78, 5) is 0. The molecule has 0 aromatic carbocycles. The molecule has 3 N–H and O–H groups in total. The molecule has 0 radical (unpaired) electrons. The molecule has 30 valence electrons. The zero-order chi connectivity index (χ0) is 3.58. The summed E-state index contributed by atoms with van der Waals surface area (Å²) in [6.45, 7) is 0. The zero-order valence-electron chi connectivity index (χ0n) is 2.42. The molecule has 3 nitrogen and oxygen atoms in total. The van der Waals surface area contributed by atoms with Crippen LogP contribution >= 0.6 is 0 Å². The Morgan fingerprint density at radius 2 is 1.00 bits per heavy atom. The molecule has 0 fully saturated rings. The van der Waals surface area contributed by atoms with Crippen LogP contribution in [0.5, 0.6) is 0 Å². The van der Waals surface area contributed by atoms with E-state index in [4.69, 9.17) is 15.1 Å². The maximum atomic E-state index is 7.17. The third-order valence-electron chi connectivity index (χ3n) is 0. The van der Waals surface area contributed by atoms with Gasteiger partial charge in [0.05, 0.1) is 0 Å². The molecule has 0 heterocycles. The van der Waals surface area contributed by atoms with Crippen LogP contribution in [0.1, 0.15) is 0 Å². The van der Waals surface area contributed by atoms with Crippen molar-refractivity contribution >= 4 is 36.9 Å². The topological polar surface area (TPSA) is 60.7 Å². The summed E-state index contributed by atoms with van der Waals surface area (Å²) < 4.78 is 0. The fourth-order valence-electron chi connectivity index (χ4n) is 0. The van der Waals surface area contributed by atoms with E-state index in [0.717, 1.165) is 0 Å². The van der Waals surface area contributed by atoms with Gasteiger partial charge >= 0.3 is 36.9 Å². The van der Waals surface area contributed by atoms with Crippen molar-refractivity contribution in [2.45, 2.75) is 0 Å². The van der Waals surface area contributed by atoms with Crippen molar-refractivity contribution in [2.75, 3.05) is 0 Å². The molecule has 0 aliphatic heterocycles. The van der Waals surface area contributed by atoms with E-state index in [1.165, 1.54) is 0 Å². The van der Waals surface area contributed by atoms with E-state index in [1.54, 1.807) is 0 Å². The van der Waals surface area contributed by atoms with Gasteiger partial charge in [0.15, 0.2) is 0 Å². The maximum absolute atomic E-state index is 7.17. The van der Waals surface area contributed by atoms with Crippen molar-refractivity contribution in [3.8, 4) is 0 Å². The van der Waals surface area contributed by atoms with Gasteiger partial charge in [0.25, 0.3) is 0 Å². The van der Waals surface area contributed by atoms with Crippen LogP contribution in [0.15, 0.2) is 0 Å². The molecule has 0 saturated carbocycles. The van der Waals surface area contributed by atoms with E-state index in [0.29, 0.717) is 0 Å². The Balaban J connectivity index is -0.0000000450. The first-order valence-electron chi connectivity index (χ1n) is 0.775. The third-order valence-corrected chi connectivity index (χ3v) is 0. The second-order valence-corrected chi connectivity index (χ2v) is 0.346. The van der Waals surface area contributed by atoms with Gasteiger partial charge in [-0.15, -0.1) is 0 Å². The van der Waals surface area contributed by atoms with Gasteiger partial charge in [-0.1, -0.05) is 0 Å². The third kappa shape index (κ3) is 40.9. The van der Waals surface area contributed by atoms with Gasteiger partial charge in [-0.25, -0.2) is 0 Å². The Bertz CT molecular complexity index is 15.5. The average molecular weight is 264 g/mol. The van der Waals surface area contributed by atoms with E-state index >= 15 is 0 Å². The van der Waals surface area contributed by atoms with Crippen molar-refractivity contribution in [1.29, 1.82) is 0 Å². The second-order valence-electron chi connectivity index (χ2n) is 0.346. The summed E-state index contributed by atoms with van der Waals surface area (Å²) in [5.74, 6) is 0. The van der Waals surface area contributed by atoms with Crippen LogP contribution in [0.25, 0.3) is 0 Å². The van der Waals surface area contributed by atoms with Crippen LogP contribution in [-0.2, 0) is 25.8 Å². The number of hydrogen-bond acceptors (Lipinski definition) is 3. The predicted molar refractivity (Wildman–Crippen MR) is 19.6 cm³/mol. The standard InChI is InChI=1S/BH3O3.Hf.Na.H/c2-1(3)4;;;/h2-4H;;;. The molecule has 0 spiro atoms. The molecule has 0 aliphatic carbocycles. The fraction of sp³-hybridized carbons (Fsp3) is 0. The van der Waals surface area contributed by atoms with Crippen LogP contribution in [0, 0.1) is 0 Å². The van der Waals surface area contributed by atoms with E-state index in [2.05, 4.69) is 0 Å². The van der Waals surface area contributed by atoms with Crippen LogP contribution in [0.4, 0.5) is 0 Å². The Hall–Kier alpha value is 1.82. The van der Waals surface area contributed by atoms with Crippen LogP contribution in [-0.4, -0.2) is 52.0 Å². The van der Waals surface area contributed by atoms with Crippen molar-refractivity contribution in [3.63, 3.8) is 0 Å². The molecule has 6 heteroatoms. The summed E-state index contributed by atoms with van der Waals surface area (Å²) in [5.41, 5.74) is 0. The van der Waals surface area contributed by atoms with Gasteiger partial charge in [-0.05, 0) is 0 Å². The van der Waals surface area contributed by atoms with Gasteiger partial charge in [0.1, 0.15) is 0 Å². The summed E-state index contributed by atoms with van der Waals surface area (Å²) in [5, 5.41) is 21.5. The predicted octanol–water partition coefficient (Wildman–Crippen LogP) is -2.70. The second kappa shape index (κ2) is 9.94. The summed E-state index contributed by atoms with van der Waals surface area (Å²) in [7, 11) is -2.17. The van der Waals surface area contributed by atoms with Gasteiger partial charge in [0, 0.05) is 25.8 Å². The molecule has 0 aromatic rings. The van der Waals surface area contributed by atoms with Gasteiger partial charge in [0.2, 0.25) is 0 Å². The van der Waals surface area contributed by atoms with E-state index in [-0.39, 0.29) is 55.4 Å². The van der Waals surface area contributed by atoms with E-state index < -0.39 is 7.32 Å². The first-order valence-corrected chi connectivity index (χ1v) is 0.775. The molecule has 0 unspecified atom stereocenters. The van der Waals surface area contributed by atoms with Crippen LogP contribution in [0.2, 0.25) is 0 Å². The monoisotopic (exact) mass is 266 g/mol. The SMILES string of the molecule is OB(O)O.[Hf].[NaH]. The zero-order valence-corrected chi connectivity index (χ0v) is 6.01. The quantitative estimate of drug-likeness (QED) is 0.417. The van der Waals surface area contributed by atoms with Gasteiger partial charge in [-0.3, -0.25) is 0 Å². The van der Waals surface area contributed by atoms with Crippen LogP contribution in [0.3, 0.4) is 0 Å². The molecule has 0 atom stereocenters. The molecule has 0 aliphatic rings. The minimum absolute atomic E-state index is 0. The minimum atomic E-state index is -2.17. The first-order chi connectivity index (χ1) is 1.73. The Morgan fingerprint density at radius 3 is 1.00 bits per heavy atom. The van der Waals surface area contributed by atoms with Gasteiger partial charge < -0.3 is 15.1 Å². The Morgan fingerprint density at radius 1 is 1.00 bits per heavy atom. The first kappa shape index (κ1) is 15.7. The summed E-state index contributed by atoms with van der Waals surface area (Å²) in [6, 6.07) is 0. The summed E-state index contributed by atoms with van der Waals surface area (Å²) in [6.07, 6.45) is 0. The normalized spacial score (nSPS) is 4.50. The molecule has 0 bridgehead atoms. The molecular weight excluding hydrogens is 260 g/mol. The Labute approximate surface area is 77.0 Å². The molecule has 6 heavy (non-hydrogen) atoms. The molecule has 0 aromatic heterocycles. The van der Waals surface area contributed by atoms with Crippen molar-refractivity contribution in [3.05, 3.63) is 0 Å². The van der Waals surface area contributed by atoms with Crippen molar-refractivity contribution < 1.29 is 40.9 Å². The molecule has 0 rings (SSSR count). The van der Waals surface area contributed by atoms with Gasteiger partial charge in [-0.2, -0.15) is 0 Å². The molecule has 0 saturated heterocycles. The van der Waals surface area contributed by atoms with E-state index in [1.807, 2.05) is 0 Å². The van der Waals surface area contributed by atoms with Crippen molar-refractivity contribution in [2.24, 2.45) is 0 Å². The van der Waals surface area contributed by atoms with E-state index in [9.17, 15) is 0 Å². The number of rotatable bonds is 0. The van der Waals surface area contributed by atoms with Crippen molar-refractivity contribution in [1.82, 2.24) is 0 Å². The Kier molecular flexibility index (Phi) is 25.9. The molecule has 0 amide bonds. The van der Waals surface area contributed by atoms with Crippen LogP contribution < -0.4 is 0 Å².